The van der Waals surface area contributed by atoms with E-state index >= 15 is 0 Å². The second-order valence-corrected chi connectivity index (χ2v) is 5.13. The van der Waals surface area contributed by atoms with Crippen LogP contribution < -0.4 is 10.5 Å². The van der Waals surface area contributed by atoms with Gasteiger partial charge < -0.3 is 10.5 Å². The maximum atomic E-state index is 7.70. The second kappa shape index (κ2) is 4.96. The zero-order valence-corrected chi connectivity index (χ0v) is 11.4. The number of hydrogen-bond acceptors (Lipinski definition) is 3. The Morgan fingerprint density at radius 1 is 1.30 bits per heavy atom. The number of fused-ring (bicyclic) bond motifs is 1. The molecule has 3 N–H and O–H groups in total. The predicted octanol–water partition coefficient (Wildman–Crippen LogP) is 2.96. The van der Waals surface area contributed by atoms with Crippen LogP contribution >= 0.6 is 0 Å². The van der Waals surface area contributed by atoms with Gasteiger partial charge in [-0.25, -0.2) is 4.98 Å². The minimum Gasteiger partial charge on any atom is -0.438 e. The average molecular weight is 267 g/mol. The van der Waals surface area contributed by atoms with Gasteiger partial charge in [-0.1, -0.05) is 12.1 Å². The summed E-state index contributed by atoms with van der Waals surface area (Å²) in [6, 6.07) is 9.72. The minimum absolute atomic E-state index is 0.00477. The van der Waals surface area contributed by atoms with Crippen LogP contribution in [0.2, 0.25) is 0 Å². The van der Waals surface area contributed by atoms with Gasteiger partial charge in [-0.3, -0.25) is 5.41 Å². The molecule has 1 aliphatic rings. The van der Waals surface area contributed by atoms with Crippen LogP contribution in [0.4, 0.5) is 0 Å². The van der Waals surface area contributed by atoms with Crippen molar-refractivity contribution in [2.24, 2.45) is 5.73 Å². The smallest absolute Gasteiger partial charge is 0.230 e. The van der Waals surface area contributed by atoms with Crippen LogP contribution in [0.15, 0.2) is 30.3 Å². The lowest BCUT2D eigenvalue weighted by Gasteiger charge is -2.12. The molecule has 4 nitrogen and oxygen atoms in total. The molecule has 1 aromatic heterocycles. The van der Waals surface area contributed by atoms with E-state index < -0.39 is 0 Å². The van der Waals surface area contributed by atoms with Crippen molar-refractivity contribution in [3.05, 3.63) is 52.7 Å². The summed E-state index contributed by atoms with van der Waals surface area (Å²) < 4.78 is 5.84. The highest BCUT2D eigenvalue weighted by Gasteiger charge is 2.19. The van der Waals surface area contributed by atoms with E-state index in [4.69, 9.17) is 15.9 Å². The molecule has 4 heteroatoms. The van der Waals surface area contributed by atoms with E-state index in [1.165, 1.54) is 5.56 Å². The van der Waals surface area contributed by atoms with E-state index in [1.807, 2.05) is 37.3 Å². The Morgan fingerprint density at radius 2 is 2.15 bits per heavy atom. The molecule has 0 radical (unpaired) electrons. The van der Waals surface area contributed by atoms with Gasteiger partial charge >= 0.3 is 0 Å². The van der Waals surface area contributed by atoms with Gasteiger partial charge in [-0.15, -0.1) is 0 Å². The molecule has 3 rings (SSSR count). The number of hydrogen-bond donors (Lipinski definition) is 2. The summed E-state index contributed by atoms with van der Waals surface area (Å²) in [5.41, 5.74) is 9.60. The number of nitrogens with zero attached hydrogens (tertiary/aromatic N) is 1. The summed E-state index contributed by atoms with van der Waals surface area (Å²) >= 11 is 0. The number of benzene rings is 1. The van der Waals surface area contributed by atoms with E-state index in [1.54, 1.807) is 0 Å². The highest BCUT2D eigenvalue weighted by Crippen LogP contribution is 2.29. The molecule has 0 aliphatic heterocycles. The molecule has 0 atom stereocenters. The summed E-state index contributed by atoms with van der Waals surface area (Å²) in [6.07, 6.45) is 3.08. The number of rotatable bonds is 3. The van der Waals surface area contributed by atoms with Crippen molar-refractivity contribution in [3.63, 3.8) is 0 Å². The predicted molar refractivity (Wildman–Crippen MR) is 78.5 cm³/mol. The Hall–Kier alpha value is -2.36. The Bertz CT molecular complexity index is 679. The second-order valence-electron chi connectivity index (χ2n) is 5.13. The third kappa shape index (κ3) is 2.37. The van der Waals surface area contributed by atoms with Crippen LogP contribution in [0.5, 0.6) is 11.6 Å². The summed E-state index contributed by atoms with van der Waals surface area (Å²) in [7, 11) is 0. The van der Waals surface area contributed by atoms with E-state index in [-0.39, 0.29) is 5.84 Å². The first-order valence-corrected chi connectivity index (χ1v) is 6.75. The lowest BCUT2D eigenvalue weighted by atomic mass is 10.1. The molecule has 0 saturated carbocycles. The topological polar surface area (TPSA) is 72.0 Å². The van der Waals surface area contributed by atoms with E-state index in [2.05, 4.69) is 4.98 Å². The third-order valence-corrected chi connectivity index (χ3v) is 3.51. The number of nitrogens with one attached hydrogen (secondary N) is 1. The number of amidine groups is 1. The zero-order chi connectivity index (χ0) is 14.1. The zero-order valence-electron chi connectivity index (χ0n) is 11.4. The van der Waals surface area contributed by atoms with Crippen LogP contribution in [0.3, 0.4) is 0 Å². The van der Waals surface area contributed by atoms with Gasteiger partial charge in [-0.05, 0) is 55.5 Å². The van der Waals surface area contributed by atoms with Crippen LogP contribution in [-0.4, -0.2) is 10.8 Å². The van der Waals surface area contributed by atoms with Gasteiger partial charge in [-0.2, -0.15) is 0 Å². The van der Waals surface area contributed by atoms with Gasteiger partial charge in [0.25, 0.3) is 0 Å². The fraction of sp³-hybridized carbons (Fsp3) is 0.250. The quantitative estimate of drug-likeness (QED) is 0.663. The number of nitrogen functional groups attached to an aromatic ring is 1. The fourth-order valence-corrected chi connectivity index (χ4v) is 2.51. The number of nitrogens with two attached hydrogens (primary N) is 1. The molecule has 1 aromatic carbocycles. The molecule has 0 unspecified atom stereocenters. The summed E-state index contributed by atoms with van der Waals surface area (Å²) in [5.74, 6) is 1.15. The molecule has 20 heavy (non-hydrogen) atoms. The molecule has 2 aromatic rings. The van der Waals surface area contributed by atoms with Crippen molar-refractivity contribution in [1.29, 1.82) is 5.41 Å². The highest BCUT2D eigenvalue weighted by molar-refractivity contribution is 5.97. The van der Waals surface area contributed by atoms with Crippen LogP contribution in [0.25, 0.3) is 0 Å². The van der Waals surface area contributed by atoms with Gasteiger partial charge in [0.1, 0.15) is 11.6 Å². The van der Waals surface area contributed by atoms with Crippen LogP contribution in [0.1, 0.15) is 28.8 Å². The van der Waals surface area contributed by atoms with Gasteiger partial charge in [0.05, 0.1) is 5.56 Å². The number of aromatic nitrogens is 1. The molecule has 1 aliphatic carbocycles. The van der Waals surface area contributed by atoms with E-state index in [0.29, 0.717) is 11.4 Å². The first-order valence-electron chi connectivity index (χ1n) is 6.75. The van der Waals surface area contributed by atoms with Crippen LogP contribution in [0, 0.1) is 12.3 Å². The van der Waals surface area contributed by atoms with Crippen molar-refractivity contribution in [1.82, 2.24) is 4.98 Å². The Labute approximate surface area is 118 Å². The molecule has 0 fully saturated rings. The van der Waals surface area contributed by atoms with Gasteiger partial charge in [0.2, 0.25) is 5.88 Å². The summed E-state index contributed by atoms with van der Waals surface area (Å²) in [4.78, 5) is 4.56. The molecule has 1 heterocycles. The third-order valence-electron chi connectivity index (χ3n) is 3.51. The first kappa shape index (κ1) is 12.7. The molecule has 0 amide bonds. The maximum absolute atomic E-state index is 7.70. The SMILES string of the molecule is Cc1cccc(Oc2nc3c(cc2C(=N)N)CCC3)c1. The van der Waals surface area contributed by atoms with E-state index in [9.17, 15) is 0 Å². The molecular formula is C16H17N3O. The molecular weight excluding hydrogens is 250 g/mol. The Balaban J connectivity index is 2.01. The monoisotopic (exact) mass is 267 g/mol. The fourth-order valence-electron chi connectivity index (χ4n) is 2.51. The van der Waals surface area contributed by atoms with Crippen molar-refractivity contribution in [2.75, 3.05) is 0 Å². The lowest BCUT2D eigenvalue weighted by Crippen LogP contribution is -2.14. The number of ether oxygens (including phenoxy) is 1. The lowest BCUT2D eigenvalue weighted by molar-refractivity contribution is 0.459. The normalized spacial score (nSPS) is 13.1. The average Bonchev–Trinajstić information content (AvgIpc) is 2.84. The van der Waals surface area contributed by atoms with E-state index in [0.717, 1.165) is 36.3 Å². The van der Waals surface area contributed by atoms with Crippen LogP contribution in [-0.2, 0) is 12.8 Å². The van der Waals surface area contributed by atoms with Gasteiger partial charge in [0.15, 0.2) is 0 Å². The first-order chi connectivity index (χ1) is 9.63. The van der Waals surface area contributed by atoms with Crippen molar-refractivity contribution in [2.45, 2.75) is 26.2 Å². The summed E-state index contributed by atoms with van der Waals surface area (Å²) in [5, 5.41) is 7.70. The van der Waals surface area contributed by atoms with Crippen molar-refractivity contribution in [3.8, 4) is 11.6 Å². The van der Waals surface area contributed by atoms with Crippen molar-refractivity contribution >= 4 is 5.84 Å². The largest absolute Gasteiger partial charge is 0.438 e. The molecule has 0 bridgehead atoms. The molecule has 0 spiro atoms. The highest BCUT2D eigenvalue weighted by atomic mass is 16.5. The van der Waals surface area contributed by atoms with Gasteiger partial charge in [0, 0.05) is 5.69 Å². The molecule has 102 valence electrons. The number of pyridine rings is 1. The molecule has 0 saturated heterocycles. The standard InChI is InChI=1S/C16H17N3O/c1-10-4-2-6-12(8-10)20-16-13(15(17)18)9-11-5-3-7-14(11)19-16/h2,4,6,8-9H,3,5,7H2,1H3,(H3,17,18). The minimum atomic E-state index is -0.00477. The van der Waals surface area contributed by atoms with Crippen molar-refractivity contribution < 1.29 is 4.74 Å². The maximum Gasteiger partial charge on any atom is 0.230 e. The summed E-state index contributed by atoms with van der Waals surface area (Å²) in [6.45, 7) is 2.01. The Morgan fingerprint density at radius 3 is 2.90 bits per heavy atom. The number of aryl methyl sites for hydroxylation is 3. The Kier molecular flexibility index (Phi) is 3.14.